The second kappa shape index (κ2) is 9.93. The second-order valence-corrected chi connectivity index (χ2v) is 7.74. The predicted octanol–water partition coefficient (Wildman–Crippen LogP) is 2.60. The highest BCUT2D eigenvalue weighted by atomic mass is 19.3. The normalized spacial score (nSPS) is 17.7. The van der Waals surface area contributed by atoms with E-state index in [1.807, 2.05) is 0 Å². The highest BCUT2D eigenvalue weighted by Gasteiger charge is 2.51. The van der Waals surface area contributed by atoms with Crippen LogP contribution in [0.5, 0.6) is 11.5 Å². The molecular formula is C21H27F2N3O5. The van der Waals surface area contributed by atoms with Crippen molar-refractivity contribution in [2.75, 3.05) is 20.2 Å². The first-order valence-corrected chi connectivity index (χ1v) is 10.4. The molecule has 1 aromatic rings. The fourth-order valence-electron chi connectivity index (χ4n) is 4.09. The number of nitrogens with zero attached hydrogens (tertiary/aromatic N) is 1. The van der Waals surface area contributed by atoms with Gasteiger partial charge in [0, 0.05) is 19.5 Å². The molecule has 1 aromatic carbocycles. The number of hydrogen-bond donors (Lipinski definition) is 2. The zero-order chi connectivity index (χ0) is 22.4. The molecule has 0 bridgehead atoms. The van der Waals surface area contributed by atoms with E-state index < -0.39 is 18.2 Å². The van der Waals surface area contributed by atoms with Gasteiger partial charge in [0.05, 0.1) is 7.11 Å². The summed E-state index contributed by atoms with van der Waals surface area (Å²) in [5.41, 5.74) is -0.108. The molecule has 1 aliphatic heterocycles. The van der Waals surface area contributed by atoms with E-state index in [1.54, 1.807) is 6.07 Å². The number of carbonyl (C=O) groups excluding carboxylic acids is 3. The molecule has 2 aliphatic rings. The van der Waals surface area contributed by atoms with Crippen LogP contribution in [-0.4, -0.2) is 55.1 Å². The number of halogens is 2. The van der Waals surface area contributed by atoms with E-state index >= 15 is 0 Å². The lowest BCUT2D eigenvalue weighted by atomic mass is 9.82. The molecule has 1 saturated carbocycles. The number of carbonyl (C=O) groups is 3. The molecule has 31 heavy (non-hydrogen) atoms. The number of urea groups is 1. The van der Waals surface area contributed by atoms with Gasteiger partial charge in [-0.15, -0.1) is 0 Å². The lowest BCUT2D eigenvalue weighted by Crippen LogP contribution is -2.48. The van der Waals surface area contributed by atoms with Crippen LogP contribution in [0.1, 0.15) is 44.1 Å². The Labute approximate surface area is 179 Å². The Morgan fingerprint density at radius 2 is 1.97 bits per heavy atom. The maximum Gasteiger partial charge on any atom is 0.387 e. The molecule has 2 N–H and O–H groups in total. The third-order valence-electron chi connectivity index (χ3n) is 5.70. The summed E-state index contributed by atoms with van der Waals surface area (Å²) in [6, 6.07) is 4.21. The van der Waals surface area contributed by atoms with E-state index in [0.717, 1.165) is 24.2 Å². The van der Waals surface area contributed by atoms with Crippen LogP contribution in [-0.2, 0) is 16.0 Å². The Kier molecular flexibility index (Phi) is 7.29. The van der Waals surface area contributed by atoms with Crippen LogP contribution in [0.4, 0.5) is 13.6 Å². The second-order valence-electron chi connectivity index (χ2n) is 7.74. The van der Waals surface area contributed by atoms with E-state index in [4.69, 9.17) is 4.74 Å². The van der Waals surface area contributed by atoms with Gasteiger partial charge in [-0.05, 0) is 37.0 Å². The number of alkyl halides is 2. The molecule has 1 spiro atoms. The first-order chi connectivity index (χ1) is 14.8. The minimum Gasteiger partial charge on any atom is -0.493 e. The quantitative estimate of drug-likeness (QED) is 0.577. The van der Waals surface area contributed by atoms with Crippen LogP contribution >= 0.6 is 0 Å². The molecule has 1 saturated heterocycles. The predicted molar refractivity (Wildman–Crippen MR) is 107 cm³/mol. The molecule has 2 fully saturated rings. The van der Waals surface area contributed by atoms with Crippen molar-refractivity contribution in [3.05, 3.63) is 23.8 Å². The van der Waals surface area contributed by atoms with Gasteiger partial charge in [-0.2, -0.15) is 8.78 Å². The maximum absolute atomic E-state index is 12.7. The van der Waals surface area contributed by atoms with Crippen molar-refractivity contribution in [3.63, 3.8) is 0 Å². The van der Waals surface area contributed by atoms with Crippen molar-refractivity contribution >= 4 is 17.8 Å². The summed E-state index contributed by atoms with van der Waals surface area (Å²) >= 11 is 0. The van der Waals surface area contributed by atoms with Crippen molar-refractivity contribution in [1.29, 1.82) is 0 Å². The molecule has 8 nitrogen and oxygen atoms in total. The smallest absolute Gasteiger partial charge is 0.387 e. The molecule has 1 heterocycles. The standard InChI is InChI=1S/C21H27F2N3O5/c1-30-15-6-5-14(13-16(15)31-19(22)23)7-11-24-17(27)8-12-26-18(28)21(25-20(26)29)9-3-2-4-10-21/h5-6,13,19H,2-4,7-12H2,1H3,(H,24,27)(H,25,29). The fraction of sp³-hybridized carbons (Fsp3) is 0.571. The van der Waals surface area contributed by atoms with E-state index in [0.29, 0.717) is 24.8 Å². The van der Waals surface area contributed by atoms with Crippen molar-refractivity contribution in [2.45, 2.75) is 57.1 Å². The number of nitrogens with one attached hydrogen (secondary N) is 2. The topological polar surface area (TPSA) is 97.0 Å². The van der Waals surface area contributed by atoms with Crippen LogP contribution in [0, 0.1) is 0 Å². The van der Waals surface area contributed by atoms with Crippen LogP contribution in [0.2, 0.25) is 0 Å². The summed E-state index contributed by atoms with van der Waals surface area (Å²) in [5.74, 6) is -0.425. The number of rotatable bonds is 9. The number of benzene rings is 1. The van der Waals surface area contributed by atoms with Gasteiger partial charge in [-0.3, -0.25) is 14.5 Å². The highest BCUT2D eigenvalue weighted by molar-refractivity contribution is 6.07. The number of amides is 4. The summed E-state index contributed by atoms with van der Waals surface area (Å²) < 4.78 is 34.5. The molecule has 0 unspecified atom stereocenters. The third-order valence-corrected chi connectivity index (χ3v) is 5.70. The number of methoxy groups -OCH3 is 1. The van der Waals surface area contributed by atoms with Gasteiger partial charge >= 0.3 is 12.6 Å². The van der Waals surface area contributed by atoms with Crippen molar-refractivity contribution in [1.82, 2.24) is 15.5 Å². The van der Waals surface area contributed by atoms with Crippen molar-refractivity contribution in [2.24, 2.45) is 0 Å². The minimum atomic E-state index is -2.97. The fourth-order valence-corrected chi connectivity index (χ4v) is 4.09. The summed E-state index contributed by atoms with van der Waals surface area (Å²) in [6.07, 6.45) is 4.51. The Balaban J connectivity index is 1.46. The maximum atomic E-state index is 12.7. The minimum absolute atomic E-state index is 0.00238. The highest BCUT2D eigenvalue weighted by Crippen LogP contribution is 2.33. The molecule has 0 aromatic heterocycles. The molecule has 170 valence electrons. The molecule has 0 radical (unpaired) electrons. The van der Waals surface area contributed by atoms with E-state index in [1.165, 1.54) is 19.2 Å². The van der Waals surface area contributed by atoms with Crippen molar-refractivity contribution in [3.8, 4) is 11.5 Å². The van der Waals surface area contributed by atoms with Gasteiger partial charge in [0.1, 0.15) is 5.54 Å². The van der Waals surface area contributed by atoms with Crippen LogP contribution < -0.4 is 20.1 Å². The SMILES string of the molecule is COc1ccc(CCNC(=O)CCN2C(=O)NC3(CCCCC3)C2=O)cc1OC(F)F. The number of hydrogen-bond acceptors (Lipinski definition) is 5. The Hall–Kier alpha value is -2.91. The Bertz CT molecular complexity index is 827. The Morgan fingerprint density at radius 1 is 1.23 bits per heavy atom. The average Bonchev–Trinajstić information content (AvgIpc) is 2.95. The van der Waals surface area contributed by atoms with Crippen LogP contribution in [0.15, 0.2) is 18.2 Å². The van der Waals surface area contributed by atoms with E-state index in [-0.39, 0.29) is 42.8 Å². The van der Waals surface area contributed by atoms with Gasteiger partial charge in [-0.1, -0.05) is 25.3 Å². The summed E-state index contributed by atoms with van der Waals surface area (Å²) in [7, 11) is 1.36. The monoisotopic (exact) mass is 439 g/mol. The summed E-state index contributed by atoms with van der Waals surface area (Å²) in [5, 5.41) is 5.53. The summed E-state index contributed by atoms with van der Waals surface area (Å²) in [6.45, 7) is -2.68. The van der Waals surface area contributed by atoms with E-state index in [9.17, 15) is 23.2 Å². The number of imide groups is 1. The molecule has 10 heteroatoms. The first kappa shape index (κ1) is 22.8. The summed E-state index contributed by atoms with van der Waals surface area (Å²) in [4.78, 5) is 38.2. The van der Waals surface area contributed by atoms with Gasteiger partial charge in [0.2, 0.25) is 5.91 Å². The third kappa shape index (κ3) is 5.42. The molecular weight excluding hydrogens is 412 g/mol. The van der Waals surface area contributed by atoms with E-state index in [2.05, 4.69) is 15.4 Å². The van der Waals surface area contributed by atoms with Crippen LogP contribution in [0.3, 0.4) is 0 Å². The molecule has 3 rings (SSSR count). The largest absolute Gasteiger partial charge is 0.493 e. The zero-order valence-corrected chi connectivity index (χ0v) is 17.4. The van der Waals surface area contributed by atoms with Gasteiger partial charge in [-0.25, -0.2) is 4.79 Å². The number of ether oxygens (including phenoxy) is 2. The van der Waals surface area contributed by atoms with Crippen LogP contribution in [0.25, 0.3) is 0 Å². The first-order valence-electron chi connectivity index (χ1n) is 10.4. The van der Waals surface area contributed by atoms with Gasteiger partial charge in [0.25, 0.3) is 5.91 Å². The molecule has 4 amide bonds. The lowest BCUT2D eigenvalue weighted by Gasteiger charge is -2.30. The van der Waals surface area contributed by atoms with Gasteiger partial charge in [0.15, 0.2) is 11.5 Å². The zero-order valence-electron chi connectivity index (χ0n) is 17.4. The molecule has 0 atom stereocenters. The van der Waals surface area contributed by atoms with Gasteiger partial charge < -0.3 is 20.1 Å². The molecule has 1 aliphatic carbocycles. The average molecular weight is 439 g/mol. The van der Waals surface area contributed by atoms with Crippen molar-refractivity contribution < 1.29 is 32.6 Å². The lowest BCUT2D eigenvalue weighted by molar-refractivity contribution is -0.132. The Morgan fingerprint density at radius 3 is 2.65 bits per heavy atom.